The monoisotopic (exact) mass is 381 g/mol. The Morgan fingerprint density at radius 1 is 1.04 bits per heavy atom. The highest BCUT2D eigenvalue weighted by Crippen LogP contribution is 2.26. The molecular formula is C20H19N3O3S. The van der Waals surface area contributed by atoms with E-state index in [0.29, 0.717) is 5.13 Å². The minimum atomic E-state index is -0.313. The quantitative estimate of drug-likeness (QED) is 0.659. The van der Waals surface area contributed by atoms with Crippen molar-refractivity contribution in [1.29, 1.82) is 0 Å². The third-order valence-corrected chi connectivity index (χ3v) is 4.55. The number of hydrogen-bond acceptors (Lipinski definition) is 5. The highest BCUT2D eigenvalue weighted by atomic mass is 32.1. The molecule has 1 aromatic heterocycles. The molecule has 0 atom stereocenters. The predicted octanol–water partition coefficient (Wildman–Crippen LogP) is 3.12. The summed E-state index contributed by atoms with van der Waals surface area (Å²) in [6.45, 7) is -0.0941. The molecule has 2 N–H and O–H groups in total. The number of nitrogens with zero attached hydrogens (tertiary/aromatic N) is 1. The lowest BCUT2D eigenvalue weighted by molar-refractivity contribution is -0.123. The first-order valence-electron chi connectivity index (χ1n) is 8.34. The molecule has 0 bridgehead atoms. The Morgan fingerprint density at radius 3 is 2.48 bits per heavy atom. The molecule has 2 amide bonds. The van der Waals surface area contributed by atoms with Crippen LogP contribution in [0.1, 0.15) is 5.56 Å². The third kappa shape index (κ3) is 5.39. The molecule has 27 heavy (non-hydrogen) atoms. The van der Waals surface area contributed by atoms with Crippen LogP contribution in [0.2, 0.25) is 0 Å². The van der Waals surface area contributed by atoms with E-state index in [9.17, 15) is 9.59 Å². The maximum atomic E-state index is 12.0. The molecule has 0 saturated heterocycles. The molecule has 0 radical (unpaired) electrons. The van der Waals surface area contributed by atoms with Crippen molar-refractivity contribution in [1.82, 2.24) is 10.3 Å². The molecule has 3 rings (SSSR count). The number of hydrogen-bond donors (Lipinski definition) is 2. The van der Waals surface area contributed by atoms with Gasteiger partial charge in [0.05, 0.1) is 25.8 Å². The van der Waals surface area contributed by atoms with Crippen molar-refractivity contribution in [2.45, 2.75) is 6.42 Å². The van der Waals surface area contributed by atoms with Crippen LogP contribution in [-0.4, -0.2) is 30.5 Å². The van der Waals surface area contributed by atoms with Crippen molar-refractivity contribution < 1.29 is 14.3 Å². The van der Waals surface area contributed by atoms with E-state index in [2.05, 4.69) is 15.6 Å². The van der Waals surface area contributed by atoms with Crippen molar-refractivity contribution in [3.63, 3.8) is 0 Å². The van der Waals surface area contributed by atoms with Gasteiger partial charge in [-0.05, 0) is 29.8 Å². The zero-order chi connectivity index (χ0) is 19.1. The van der Waals surface area contributed by atoms with E-state index >= 15 is 0 Å². The fraction of sp³-hybridized carbons (Fsp3) is 0.150. The summed E-state index contributed by atoms with van der Waals surface area (Å²) in [7, 11) is 1.62. The Balaban J connectivity index is 1.49. The number of ether oxygens (including phenoxy) is 1. The van der Waals surface area contributed by atoms with E-state index in [1.807, 2.05) is 60.0 Å². The first kappa shape index (κ1) is 18.6. The molecule has 0 spiro atoms. The van der Waals surface area contributed by atoms with E-state index in [-0.39, 0.29) is 24.8 Å². The number of benzene rings is 2. The smallest absolute Gasteiger partial charge is 0.245 e. The average Bonchev–Trinajstić information content (AvgIpc) is 3.15. The molecule has 0 fully saturated rings. The lowest BCUT2D eigenvalue weighted by atomic mass is 10.1. The van der Waals surface area contributed by atoms with Gasteiger partial charge < -0.3 is 15.4 Å². The van der Waals surface area contributed by atoms with Crippen molar-refractivity contribution >= 4 is 28.3 Å². The zero-order valence-electron chi connectivity index (χ0n) is 14.8. The molecule has 2 aromatic carbocycles. The summed E-state index contributed by atoms with van der Waals surface area (Å²) >= 11 is 1.33. The fourth-order valence-electron chi connectivity index (χ4n) is 2.41. The molecule has 0 unspecified atom stereocenters. The second-order valence-electron chi connectivity index (χ2n) is 5.75. The van der Waals surface area contributed by atoms with E-state index in [0.717, 1.165) is 22.6 Å². The molecule has 1 heterocycles. The van der Waals surface area contributed by atoms with Crippen LogP contribution < -0.4 is 15.4 Å². The summed E-state index contributed by atoms with van der Waals surface area (Å²) < 4.78 is 5.14. The SMILES string of the molecule is COc1ccc(-c2csc(NC(=O)CNC(=O)Cc3ccccc3)n2)cc1. The maximum absolute atomic E-state index is 12.0. The molecule has 0 saturated carbocycles. The maximum Gasteiger partial charge on any atom is 0.245 e. The van der Waals surface area contributed by atoms with Gasteiger partial charge in [0.15, 0.2) is 5.13 Å². The average molecular weight is 381 g/mol. The highest BCUT2D eigenvalue weighted by Gasteiger charge is 2.10. The van der Waals surface area contributed by atoms with Crippen LogP contribution in [0.4, 0.5) is 5.13 Å². The first-order valence-corrected chi connectivity index (χ1v) is 9.22. The van der Waals surface area contributed by atoms with Crippen LogP contribution in [0.5, 0.6) is 5.75 Å². The second-order valence-corrected chi connectivity index (χ2v) is 6.61. The van der Waals surface area contributed by atoms with Gasteiger partial charge in [0, 0.05) is 10.9 Å². The van der Waals surface area contributed by atoms with E-state index in [1.54, 1.807) is 7.11 Å². The summed E-state index contributed by atoms with van der Waals surface area (Å²) in [6.07, 6.45) is 0.243. The van der Waals surface area contributed by atoms with Gasteiger partial charge in [0.25, 0.3) is 0 Å². The lowest BCUT2D eigenvalue weighted by Gasteiger charge is -2.05. The minimum Gasteiger partial charge on any atom is -0.497 e. The van der Waals surface area contributed by atoms with E-state index in [1.165, 1.54) is 11.3 Å². The molecule has 0 aliphatic rings. The zero-order valence-corrected chi connectivity index (χ0v) is 15.6. The molecule has 7 heteroatoms. The molecule has 3 aromatic rings. The van der Waals surface area contributed by atoms with Crippen LogP contribution in [0.3, 0.4) is 0 Å². The van der Waals surface area contributed by atoms with Gasteiger partial charge in [-0.3, -0.25) is 9.59 Å². The number of methoxy groups -OCH3 is 1. The highest BCUT2D eigenvalue weighted by molar-refractivity contribution is 7.14. The largest absolute Gasteiger partial charge is 0.497 e. The summed E-state index contributed by atoms with van der Waals surface area (Å²) in [5, 5.41) is 7.67. The number of rotatable bonds is 7. The van der Waals surface area contributed by atoms with Crippen LogP contribution >= 0.6 is 11.3 Å². The van der Waals surface area contributed by atoms with Gasteiger partial charge in [-0.25, -0.2) is 4.98 Å². The van der Waals surface area contributed by atoms with Crippen molar-refractivity contribution in [2.75, 3.05) is 19.0 Å². The van der Waals surface area contributed by atoms with Crippen LogP contribution in [0.15, 0.2) is 60.0 Å². The summed E-state index contributed by atoms with van der Waals surface area (Å²) in [4.78, 5) is 28.3. The first-order chi connectivity index (χ1) is 13.1. The minimum absolute atomic E-state index is 0.0941. The lowest BCUT2D eigenvalue weighted by Crippen LogP contribution is -2.33. The van der Waals surface area contributed by atoms with Crippen LogP contribution in [0.25, 0.3) is 11.3 Å². The number of thiazole rings is 1. The van der Waals surface area contributed by atoms with Gasteiger partial charge in [-0.15, -0.1) is 11.3 Å². The van der Waals surface area contributed by atoms with Gasteiger partial charge in [-0.2, -0.15) is 0 Å². The molecular weight excluding hydrogens is 362 g/mol. The fourth-order valence-corrected chi connectivity index (χ4v) is 3.15. The number of carbonyl (C=O) groups excluding carboxylic acids is 2. The molecule has 0 aliphatic carbocycles. The van der Waals surface area contributed by atoms with Crippen LogP contribution in [-0.2, 0) is 16.0 Å². The van der Waals surface area contributed by atoms with E-state index < -0.39 is 0 Å². The second kappa shape index (κ2) is 8.95. The van der Waals surface area contributed by atoms with Gasteiger partial charge in [0.2, 0.25) is 11.8 Å². The van der Waals surface area contributed by atoms with Gasteiger partial charge in [-0.1, -0.05) is 30.3 Å². The Bertz CT molecular complexity index is 908. The van der Waals surface area contributed by atoms with Crippen molar-refractivity contribution in [2.24, 2.45) is 0 Å². The number of anilines is 1. The molecule has 6 nitrogen and oxygen atoms in total. The van der Waals surface area contributed by atoms with Gasteiger partial charge >= 0.3 is 0 Å². The molecule has 0 aliphatic heterocycles. The van der Waals surface area contributed by atoms with E-state index in [4.69, 9.17) is 4.74 Å². The summed E-state index contributed by atoms with van der Waals surface area (Å²) in [6, 6.07) is 16.9. The summed E-state index contributed by atoms with van der Waals surface area (Å²) in [5.41, 5.74) is 2.61. The third-order valence-electron chi connectivity index (χ3n) is 3.79. The predicted molar refractivity (Wildman–Crippen MR) is 106 cm³/mol. The Morgan fingerprint density at radius 2 is 1.78 bits per heavy atom. The van der Waals surface area contributed by atoms with Crippen molar-refractivity contribution in [3.05, 3.63) is 65.5 Å². The number of amides is 2. The topological polar surface area (TPSA) is 80.3 Å². The number of nitrogens with one attached hydrogen (secondary N) is 2. The molecule has 138 valence electrons. The Hall–Kier alpha value is -3.19. The number of aromatic nitrogens is 1. The normalized spacial score (nSPS) is 10.3. The standard InChI is InChI=1S/C20H19N3O3S/c1-26-16-9-7-15(8-10-16)17-13-27-20(22-17)23-19(25)12-21-18(24)11-14-5-3-2-4-6-14/h2-10,13H,11-12H2,1H3,(H,21,24)(H,22,23,25). The van der Waals surface area contributed by atoms with Crippen molar-refractivity contribution in [3.8, 4) is 17.0 Å². The number of carbonyl (C=O) groups is 2. The van der Waals surface area contributed by atoms with Gasteiger partial charge in [0.1, 0.15) is 5.75 Å². The Labute approximate surface area is 161 Å². The Kier molecular flexibility index (Phi) is 6.17. The van der Waals surface area contributed by atoms with Crippen LogP contribution in [0, 0.1) is 0 Å². The summed E-state index contributed by atoms with van der Waals surface area (Å²) in [5.74, 6) is 0.259.